The average molecular weight is 235 g/mol. The van der Waals surface area contributed by atoms with E-state index in [1.165, 1.54) is 19.0 Å². The second-order valence-electron chi connectivity index (χ2n) is 4.76. The quantitative estimate of drug-likeness (QED) is 0.751. The number of rotatable bonds is 2. The van der Waals surface area contributed by atoms with E-state index in [1.54, 1.807) is 0 Å². The van der Waals surface area contributed by atoms with Gasteiger partial charge in [0.05, 0.1) is 11.9 Å². The van der Waals surface area contributed by atoms with Gasteiger partial charge in [-0.25, -0.2) is 0 Å². The number of nitrogens with zero attached hydrogens (tertiary/aromatic N) is 3. The number of carbonyl (C=O) groups excluding carboxylic acids is 1. The van der Waals surface area contributed by atoms with Gasteiger partial charge in [0.2, 0.25) is 0 Å². The van der Waals surface area contributed by atoms with E-state index < -0.39 is 0 Å². The third-order valence-electron chi connectivity index (χ3n) is 3.55. The zero-order chi connectivity index (χ0) is 11.8. The summed E-state index contributed by atoms with van der Waals surface area (Å²) in [6, 6.07) is 0.782. The van der Waals surface area contributed by atoms with Gasteiger partial charge in [0.25, 0.3) is 5.91 Å². The second-order valence-corrected chi connectivity index (χ2v) is 4.76. The molecule has 0 atom stereocenters. The number of H-pyrrole nitrogens is 1. The zero-order valence-corrected chi connectivity index (χ0v) is 9.72. The topological polar surface area (TPSA) is 78.2 Å². The number of aromatic nitrogens is 2. The minimum Gasteiger partial charge on any atom is -0.396 e. The van der Waals surface area contributed by atoms with Gasteiger partial charge in [0.15, 0.2) is 0 Å². The Kier molecular flexibility index (Phi) is 2.51. The molecular formula is C11H17N5O. The summed E-state index contributed by atoms with van der Waals surface area (Å²) < 4.78 is 0. The summed E-state index contributed by atoms with van der Waals surface area (Å²) in [5.74, 6) is -0.0320. The molecule has 1 amide bonds. The molecule has 92 valence electrons. The van der Waals surface area contributed by atoms with Crippen LogP contribution in [0.1, 0.15) is 23.3 Å². The Morgan fingerprint density at radius 3 is 2.59 bits per heavy atom. The molecule has 1 aromatic rings. The number of nitrogens with one attached hydrogen (secondary N) is 1. The standard InChI is InChI=1S/C11H17N5O/c12-9-7-13-14-10(9)11(17)16-5-3-15(4-6-16)8-1-2-8/h7-8H,1-6,12H2,(H,13,14). The van der Waals surface area contributed by atoms with Gasteiger partial charge in [-0.1, -0.05) is 0 Å². The minimum atomic E-state index is -0.0320. The van der Waals surface area contributed by atoms with E-state index in [0.29, 0.717) is 11.4 Å². The maximum Gasteiger partial charge on any atom is 0.274 e. The maximum absolute atomic E-state index is 12.1. The lowest BCUT2D eigenvalue weighted by atomic mass is 10.2. The van der Waals surface area contributed by atoms with E-state index in [9.17, 15) is 4.79 Å². The van der Waals surface area contributed by atoms with Crippen molar-refractivity contribution in [3.05, 3.63) is 11.9 Å². The van der Waals surface area contributed by atoms with E-state index in [1.807, 2.05) is 4.90 Å². The summed E-state index contributed by atoms with van der Waals surface area (Å²) in [5, 5.41) is 6.45. The van der Waals surface area contributed by atoms with Gasteiger partial charge >= 0.3 is 0 Å². The molecule has 1 aliphatic carbocycles. The fourth-order valence-corrected chi connectivity index (χ4v) is 2.35. The number of aromatic amines is 1. The monoisotopic (exact) mass is 235 g/mol. The van der Waals surface area contributed by atoms with E-state index in [2.05, 4.69) is 15.1 Å². The fourth-order valence-electron chi connectivity index (χ4n) is 2.35. The fraction of sp³-hybridized carbons (Fsp3) is 0.636. The Bertz CT molecular complexity index is 417. The first-order valence-corrected chi connectivity index (χ1v) is 6.08. The lowest BCUT2D eigenvalue weighted by Crippen LogP contribution is -2.49. The third kappa shape index (κ3) is 2.00. The maximum atomic E-state index is 12.1. The summed E-state index contributed by atoms with van der Waals surface area (Å²) in [6.45, 7) is 3.52. The molecule has 2 aliphatic rings. The normalized spacial score (nSPS) is 21.8. The molecule has 3 rings (SSSR count). The summed E-state index contributed by atoms with van der Waals surface area (Å²) in [7, 11) is 0. The molecule has 1 aromatic heterocycles. The predicted octanol–water partition coefficient (Wildman–Crippen LogP) is -0.0879. The third-order valence-corrected chi connectivity index (χ3v) is 3.55. The van der Waals surface area contributed by atoms with E-state index >= 15 is 0 Å². The molecule has 0 spiro atoms. The van der Waals surface area contributed by atoms with Gasteiger partial charge in [-0.15, -0.1) is 0 Å². The van der Waals surface area contributed by atoms with Crippen molar-refractivity contribution in [2.45, 2.75) is 18.9 Å². The molecular weight excluding hydrogens is 218 g/mol. The van der Waals surface area contributed by atoms with Crippen LogP contribution in [0.15, 0.2) is 6.20 Å². The highest BCUT2D eigenvalue weighted by atomic mass is 16.2. The lowest BCUT2D eigenvalue weighted by molar-refractivity contribution is 0.0622. The molecule has 1 saturated heterocycles. The first-order chi connectivity index (χ1) is 8.25. The van der Waals surface area contributed by atoms with Gasteiger partial charge in [-0.2, -0.15) is 5.10 Å². The molecule has 6 heteroatoms. The Labute approximate surface area is 99.8 Å². The van der Waals surface area contributed by atoms with Crippen molar-refractivity contribution in [3.63, 3.8) is 0 Å². The number of nitrogens with two attached hydrogens (primary N) is 1. The first kappa shape index (κ1) is 10.6. The Balaban J connectivity index is 1.62. The van der Waals surface area contributed by atoms with Crippen molar-refractivity contribution >= 4 is 11.6 Å². The number of carbonyl (C=O) groups is 1. The summed E-state index contributed by atoms with van der Waals surface area (Å²) >= 11 is 0. The van der Waals surface area contributed by atoms with Crippen molar-refractivity contribution in [2.75, 3.05) is 31.9 Å². The molecule has 3 N–H and O–H groups in total. The second kappa shape index (κ2) is 4.03. The summed E-state index contributed by atoms with van der Waals surface area (Å²) in [5.41, 5.74) is 6.53. The van der Waals surface area contributed by atoms with Crippen molar-refractivity contribution in [3.8, 4) is 0 Å². The van der Waals surface area contributed by atoms with Crippen molar-refractivity contribution in [2.24, 2.45) is 0 Å². The molecule has 2 fully saturated rings. The number of nitrogen functional groups attached to an aromatic ring is 1. The number of amides is 1. The molecule has 2 heterocycles. The van der Waals surface area contributed by atoms with E-state index in [0.717, 1.165) is 32.2 Å². The molecule has 0 radical (unpaired) electrons. The van der Waals surface area contributed by atoms with Crippen molar-refractivity contribution in [1.29, 1.82) is 0 Å². The molecule has 1 saturated carbocycles. The molecule has 0 unspecified atom stereocenters. The van der Waals surface area contributed by atoms with Crippen LogP contribution in [0.25, 0.3) is 0 Å². The van der Waals surface area contributed by atoms with Gasteiger partial charge in [0, 0.05) is 32.2 Å². The van der Waals surface area contributed by atoms with Crippen LogP contribution in [0.4, 0.5) is 5.69 Å². The van der Waals surface area contributed by atoms with Crippen molar-refractivity contribution < 1.29 is 4.79 Å². The van der Waals surface area contributed by atoms with Crippen LogP contribution in [-0.2, 0) is 0 Å². The largest absolute Gasteiger partial charge is 0.396 e. The van der Waals surface area contributed by atoms with Crippen LogP contribution in [0, 0.1) is 0 Å². The number of hydrogen-bond acceptors (Lipinski definition) is 4. The van der Waals surface area contributed by atoms with Crippen LogP contribution in [-0.4, -0.2) is 58.1 Å². The van der Waals surface area contributed by atoms with Crippen LogP contribution in [0.5, 0.6) is 0 Å². The van der Waals surface area contributed by atoms with Gasteiger partial charge in [-0.3, -0.25) is 14.8 Å². The Morgan fingerprint density at radius 2 is 2.06 bits per heavy atom. The van der Waals surface area contributed by atoms with Crippen LogP contribution >= 0.6 is 0 Å². The highest BCUT2D eigenvalue weighted by molar-refractivity contribution is 5.97. The zero-order valence-electron chi connectivity index (χ0n) is 9.72. The highest BCUT2D eigenvalue weighted by Crippen LogP contribution is 2.27. The summed E-state index contributed by atoms with van der Waals surface area (Å²) in [4.78, 5) is 16.5. The molecule has 17 heavy (non-hydrogen) atoms. The molecule has 1 aliphatic heterocycles. The Hall–Kier alpha value is -1.56. The van der Waals surface area contributed by atoms with Gasteiger partial charge in [-0.05, 0) is 12.8 Å². The molecule has 6 nitrogen and oxygen atoms in total. The number of piperazine rings is 1. The van der Waals surface area contributed by atoms with Crippen LogP contribution in [0.3, 0.4) is 0 Å². The minimum absolute atomic E-state index is 0.0320. The van der Waals surface area contributed by atoms with Crippen LogP contribution in [0.2, 0.25) is 0 Å². The van der Waals surface area contributed by atoms with E-state index in [4.69, 9.17) is 5.73 Å². The summed E-state index contributed by atoms with van der Waals surface area (Å²) in [6.07, 6.45) is 4.12. The van der Waals surface area contributed by atoms with E-state index in [-0.39, 0.29) is 5.91 Å². The lowest BCUT2D eigenvalue weighted by Gasteiger charge is -2.34. The number of anilines is 1. The first-order valence-electron chi connectivity index (χ1n) is 6.08. The average Bonchev–Trinajstić information content (AvgIpc) is 3.12. The number of hydrogen-bond donors (Lipinski definition) is 2. The predicted molar refractivity (Wildman–Crippen MR) is 63.5 cm³/mol. The van der Waals surface area contributed by atoms with Gasteiger partial charge in [0.1, 0.15) is 5.69 Å². The van der Waals surface area contributed by atoms with Crippen molar-refractivity contribution in [1.82, 2.24) is 20.0 Å². The Morgan fingerprint density at radius 1 is 1.35 bits per heavy atom. The van der Waals surface area contributed by atoms with Crippen LogP contribution < -0.4 is 5.73 Å². The molecule has 0 bridgehead atoms. The smallest absolute Gasteiger partial charge is 0.274 e. The molecule has 0 aromatic carbocycles. The SMILES string of the molecule is Nc1cn[nH]c1C(=O)N1CCN(C2CC2)CC1. The van der Waals surface area contributed by atoms with Gasteiger partial charge < -0.3 is 10.6 Å². The highest BCUT2D eigenvalue weighted by Gasteiger charge is 2.32.